The first kappa shape index (κ1) is 10.8. The molecule has 17 heavy (non-hydrogen) atoms. The standard InChI is InChI=1S/C13H11F3O/c1-8-7-17-12(4-5-12)11-6-9(13(14,15)16)2-3-10(8)11/h2-3,6H,1,4-5,7H2. The van der Waals surface area contributed by atoms with E-state index in [4.69, 9.17) is 4.74 Å². The Morgan fingerprint density at radius 2 is 1.94 bits per heavy atom. The quantitative estimate of drug-likeness (QED) is 0.671. The van der Waals surface area contributed by atoms with Gasteiger partial charge in [-0.3, -0.25) is 0 Å². The Morgan fingerprint density at radius 3 is 2.53 bits per heavy atom. The Labute approximate surface area is 96.9 Å². The fourth-order valence-electron chi connectivity index (χ4n) is 2.31. The predicted octanol–water partition coefficient (Wildman–Crippen LogP) is 3.74. The van der Waals surface area contributed by atoms with Gasteiger partial charge >= 0.3 is 6.18 Å². The van der Waals surface area contributed by atoms with Gasteiger partial charge in [0, 0.05) is 0 Å². The van der Waals surface area contributed by atoms with Crippen molar-refractivity contribution in [2.24, 2.45) is 0 Å². The lowest BCUT2D eigenvalue weighted by Crippen LogP contribution is -2.22. The third-order valence-corrected chi connectivity index (χ3v) is 3.45. The smallest absolute Gasteiger partial charge is 0.366 e. The molecule has 1 aliphatic heterocycles. The highest BCUT2D eigenvalue weighted by Crippen LogP contribution is 2.54. The van der Waals surface area contributed by atoms with Crippen LogP contribution in [-0.4, -0.2) is 6.61 Å². The summed E-state index contributed by atoms with van der Waals surface area (Å²) in [5.74, 6) is 0. The van der Waals surface area contributed by atoms with Crippen LogP contribution in [0.5, 0.6) is 0 Å². The van der Waals surface area contributed by atoms with E-state index in [0.29, 0.717) is 12.2 Å². The first-order chi connectivity index (χ1) is 7.92. The van der Waals surface area contributed by atoms with E-state index >= 15 is 0 Å². The van der Waals surface area contributed by atoms with Crippen molar-refractivity contribution in [1.29, 1.82) is 0 Å². The number of hydrogen-bond acceptors (Lipinski definition) is 1. The molecule has 0 unspecified atom stereocenters. The van der Waals surface area contributed by atoms with Gasteiger partial charge in [-0.05, 0) is 41.7 Å². The molecule has 1 nitrogen and oxygen atoms in total. The van der Waals surface area contributed by atoms with E-state index in [0.717, 1.165) is 30.0 Å². The van der Waals surface area contributed by atoms with Gasteiger partial charge in [-0.15, -0.1) is 0 Å². The van der Waals surface area contributed by atoms with Crippen molar-refractivity contribution in [2.45, 2.75) is 24.6 Å². The van der Waals surface area contributed by atoms with Crippen molar-refractivity contribution in [3.8, 4) is 0 Å². The van der Waals surface area contributed by atoms with Crippen LogP contribution in [-0.2, 0) is 16.5 Å². The first-order valence-corrected chi connectivity index (χ1v) is 5.46. The molecule has 1 aromatic carbocycles. The summed E-state index contributed by atoms with van der Waals surface area (Å²) in [5.41, 5.74) is 1.16. The summed E-state index contributed by atoms with van der Waals surface area (Å²) in [4.78, 5) is 0. The van der Waals surface area contributed by atoms with Gasteiger partial charge in [-0.2, -0.15) is 13.2 Å². The third-order valence-electron chi connectivity index (χ3n) is 3.45. The van der Waals surface area contributed by atoms with Gasteiger partial charge in [0.05, 0.1) is 17.8 Å². The highest BCUT2D eigenvalue weighted by molar-refractivity contribution is 5.71. The Hall–Kier alpha value is -1.29. The fourth-order valence-corrected chi connectivity index (χ4v) is 2.31. The van der Waals surface area contributed by atoms with E-state index in [2.05, 4.69) is 6.58 Å². The molecule has 1 spiro atoms. The lowest BCUT2D eigenvalue weighted by atomic mass is 9.91. The topological polar surface area (TPSA) is 9.23 Å². The minimum atomic E-state index is -4.30. The first-order valence-electron chi connectivity index (χ1n) is 5.46. The van der Waals surface area contributed by atoms with E-state index in [1.54, 1.807) is 0 Å². The average molecular weight is 240 g/mol. The summed E-state index contributed by atoms with van der Waals surface area (Å²) in [6, 6.07) is 3.85. The van der Waals surface area contributed by atoms with Crippen molar-refractivity contribution in [3.05, 3.63) is 41.5 Å². The maximum atomic E-state index is 12.7. The number of ether oxygens (including phenoxy) is 1. The molecule has 4 heteroatoms. The zero-order valence-corrected chi connectivity index (χ0v) is 9.10. The molecule has 0 aromatic heterocycles. The number of halogens is 3. The number of benzene rings is 1. The van der Waals surface area contributed by atoms with Gasteiger partial charge in [-0.25, -0.2) is 0 Å². The van der Waals surface area contributed by atoms with Crippen LogP contribution in [0.4, 0.5) is 13.2 Å². The number of fused-ring (bicyclic) bond motifs is 2. The van der Waals surface area contributed by atoms with Crippen molar-refractivity contribution in [1.82, 2.24) is 0 Å². The molecule has 1 aliphatic carbocycles. The molecule has 90 valence electrons. The molecule has 1 saturated carbocycles. The average Bonchev–Trinajstić information content (AvgIpc) is 3.04. The van der Waals surface area contributed by atoms with E-state index < -0.39 is 17.3 Å². The fraction of sp³-hybridized carbons (Fsp3) is 0.385. The normalized spacial score (nSPS) is 21.5. The van der Waals surface area contributed by atoms with E-state index in [1.807, 2.05) is 0 Å². The van der Waals surface area contributed by atoms with Crippen molar-refractivity contribution in [2.75, 3.05) is 6.61 Å². The summed E-state index contributed by atoms with van der Waals surface area (Å²) < 4.78 is 43.6. The lowest BCUT2D eigenvalue weighted by molar-refractivity contribution is -0.137. The Balaban J connectivity index is 2.15. The van der Waals surface area contributed by atoms with Crippen LogP contribution in [0.25, 0.3) is 5.57 Å². The molecule has 0 atom stereocenters. The molecule has 0 radical (unpaired) electrons. The van der Waals surface area contributed by atoms with Crippen LogP contribution >= 0.6 is 0 Å². The van der Waals surface area contributed by atoms with Gasteiger partial charge in [0.15, 0.2) is 0 Å². The molecule has 2 aliphatic rings. The minimum absolute atomic E-state index is 0.415. The van der Waals surface area contributed by atoms with Crippen LogP contribution in [0, 0.1) is 0 Å². The van der Waals surface area contributed by atoms with Crippen molar-refractivity contribution in [3.63, 3.8) is 0 Å². The molecule has 1 fully saturated rings. The third kappa shape index (κ3) is 1.59. The van der Waals surface area contributed by atoms with Gasteiger partial charge in [0.2, 0.25) is 0 Å². The second-order valence-electron chi connectivity index (χ2n) is 4.64. The molecule has 1 aromatic rings. The van der Waals surface area contributed by atoms with Gasteiger partial charge in [0.1, 0.15) is 0 Å². The largest absolute Gasteiger partial charge is 0.416 e. The summed E-state index contributed by atoms with van der Waals surface area (Å²) >= 11 is 0. The summed E-state index contributed by atoms with van der Waals surface area (Å²) in [6.07, 6.45) is -2.70. The van der Waals surface area contributed by atoms with Crippen LogP contribution in [0.2, 0.25) is 0 Å². The van der Waals surface area contributed by atoms with Crippen LogP contribution in [0.1, 0.15) is 29.5 Å². The molecule has 0 N–H and O–H groups in total. The maximum absolute atomic E-state index is 12.7. The SMILES string of the molecule is C=C1COC2(CC2)c2cc(C(F)(F)F)ccc21. The Kier molecular flexibility index (Phi) is 2.00. The summed E-state index contributed by atoms with van der Waals surface area (Å²) in [6.45, 7) is 4.25. The van der Waals surface area contributed by atoms with E-state index in [1.165, 1.54) is 12.1 Å². The summed E-state index contributed by atoms with van der Waals surface area (Å²) in [7, 11) is 0. The zero-order valence-electron chi connectivity index (χ0n) is 9.10. The highest BCUT2D eigenvalue weighted by atomic mass is 19.4. The molecular weight excluding hydrogens is 229 g/mol. The van der Waals surface area contributed by atoms with Gasteiger partial charge < -0.3 is 4.74 Å². The van der Waals surface area contributed by atoms with Gasteiger partial charge in [0.25, 0.3) is 0 Å². The zero-order chi connectivity index (χ0) is 12.3. The maximum Gasteiger partial charge on any atom is 0.416 e. The number of rotatable bonds is 0. The minimum Gasteiger partial charge on any atom is -0.366 e. The molecule has 0 amide bonds. The van der Waals surface area contributed by atoms with Crippen molar-refractivity contribution < 1.29 is 17.9 Å². The summed E-state index contributed by atoms with van der Waals surface area (Å²) in [5, 5.41) is 0. The van der Waals surface area contributed by atoms with E-state index in [-0.39, 0.29) is 0 Å². The Morgan fingerprint density at radius 1 is 1.24 bits per heavy atom. The van der Waals surface area contributed by atoms with Crippen molar-refractivity contribution >= 4 is 5.57 Å². The second kappa shape index (κ2) is 3.13. The molecule has 3 rings (SSSR count). The molecule has 0 bridgehead atoms. The predicted molar refractivity (Wildman–Crippen MR) is 57.3 cm³/mol. The van der Waals surface area contributed by atoms with Crippen LogP contribution in [0.3, 0.4) is 0 Å². The van der Waals surface area contributed by atoms with Crippen LogP contribution in [0.15, 0.2) is 24.8 Å². The second-order valence-corrected chi connectivity index (χ2v) is 4.64. The lowest BCUT2D eigenvalue weighted by Gasteiger charge is -2.28. The van der Waals surface area contributed by atoms with Gasteiger partial charge in [-0.1, -0.05) is 12.6 Å². The molecule has 1 heterocycles. The van der Waals surface area contributed by atoms with E-state index in [9.17, 15) is 13.2 Å². The van der Waals surface area contributed by atoms with Crippen LogP contribution < -0.4 is 0 Å². The highest BCUT2D eigenvalue weighted by Gasteiger charge is 2.50. The monoisotopic (exact) mass is 240 g/mol. The molecular formula is C13H11F3O. The number of hydrogen-bond donors (Lipinski definition) is 0. The Bertz CT molecular complexity index is 498. The molecule has 0 saturated heterocycles. The number of alkyl halides is 3.